The summed E-state index contributed by atoms with van der Waals surface area (Å²) in [6.45, 7) is 1.44. The highest BCUT2D eigenvalue weighted by molar-refractivity contribution is 5.46. The molecule has 2 heterocycles. The van der Waals surface area contributed by atoms with Crippen molar-refractivity contribution in [3.8, 4) is 0 Å². The quantitative estimate of drug-likeness (QED) is 0.599. The topological polar surface area (TPSA) is 71.2 Å². The molecule has 4 nitrogen and oxygen atoms in total. The van der Waals surface area contributed by atoms with Crippen LogP contribution in [0.25, 0.3) is 0 Å². The van der Waals surface area contributed by atoms with Crippen molar-refractivity contribution < 1.29 is 5.11 Å². The molecule has 0 saturated carbocycles. The largest absolute Gasteiger partial charge is 0.398 e. The van der Waals surface area contributed by atoms with Gasteiger partial charge in [-0.15, -0.1) is 0 Å². The van der Waals surface area contributed by atoms with Gasteiger partial charge < -0.3 is 16.2 Å². The first kappa shape index (κ1) is 10.1. The molecule has 0 aliphatic carbocycles. The zero-order valence-electron chi connectivity index (χ0n) is 8.48. The smallest absolute Gasteiger partial charge is 0.0848 e. The Labute approximate surface area is 88.8 Å². The maximum atomic E-state index is 9.44. The van der Waals surface area contributed by atoms with E-state index < -0.39 is 0 Å². The normalized spacial score (nSPS) is 21.1. The van der Waals surface area contributed by atoms with Gasteiger partial charge in [0.2, 0.25) is 0 Å². The molecule has 4 heteroatoms. The maximum absolute atomic E-state index is 9.44. The SMILES string of the molecule is Nc1ccncc1CC1=CC(O)CNC1. The zero-order chi connectivity index (χ0) is 10.7. The number of aliphatic hydroxyl groups is 1. The number of nitrogens with two attached hydrogens (primary N) is 1. The first-order valence-electron chi connectivity index (χ1n) is 5.02. The van der Waals surface area contributed by atoms with E-state index in [9.17, 15) is 5.11 Å². The predicted octanol–water partition coefficient (Wildman–Crippen LogP) is 0.0968. The molecular weight excluding hydrogens is 190 g/mol. The van der Waals surface area contributed by atoms with E-state index in [1.165, 1.54) is 0 Å². The van der Waals surface area contributed by atoms with Crippen LogP contribution < -0.4 is 11.1 Å². The number of nitrogen functional groups attached to an aromatic ring is 1. The van der Waals surface area contributed by atoms with Crippen molar-refractivity contribution in [1.82, 2.24) is 10.3 Å². The fourth-order valence-electron chi connectivity index (χ4n) is 1.72. The van der Waals surface area contributed by atoms with Crippen LogP contribution in [0.1, 0.15) is 5.56 Å². The molecule has 0 spiro atoms. The second kappa shape index (κ2) is 4.42. The molecule has 1 atom stereocenters. The number of β-amino-alcohol motifs (C(OH)–C–C–N with tert-alkyl or cyclic N) is 1. The molecule has 0 saturated heterocycles. The van der Waals surface area contributed by atoms with Gasteiger partial charge in [-0.25, -0.2) is 0 Å². The minimum absolute atomic E-state index is 0.383. The van der Waals surface area contributed by atoms with Crippen molar-refractivity contribution in [2.75, 3.05) is 18.8 Å². The highest BCUT2D eigenvalue weighted by Gasteiger charge is 2.11. The van der Waals surface area contributed by atoms with Crippen molar-refractivity contribution in [2.45, 2.75) is 12.5 Å². The first-order chi connectivity index (χ1) is 7.25. The van der Waals surface area contributed by atoms with Crippen LogP contribution in [0.5, 0.6) is 0 Å². The lowest BCUT2D eigenvalue weighted by Gasteiger charge is -2.18. The average molecular weight is 205 g/mol. The Balaban J connectivity index is 2.12. The summed E-state index contributed by atoms with van der Waals surface area (Å²) < 4.78 is 0. The van der Waals surface area contributed by atoms with Gasteiger partial charge >= 0.3 is 0 Å². The molecule has 1 aromatic rings. The molecule has 1 aliphatic heterocycles. The van der Waals surface area contributed by atoms with Gasteiger partial charge in [-0.3, -0.25) is 4.98 Å². The Morgan fingerprint density at radius 2 is 2.47 bits per heavy atom. The van der Waals surface area contributed by atoms with E-state index in [0.29, 0.717) is 6.54 Å². The number of aromatic nitrogens is 1. The van der Waals surface area contributed by atoms with Crippen LogP contribution in [-0.2, 0) is 6.42 Å². The lowest BCUT2D eigenvalue weighted by Crippen LogP contribution is -2.32. The summed E-state index contributed by atoms with van der Waals surface area (Å²) in [5.74, 6) is 0. The maximum Gasteiger partial charge on any atom is 0.0848 e. The number of hydrogen-bond acceptors (Lipinski definition) is 4. The van der Waals surface area contributed by atoms with E-state index in [0.717, 1.165) is 29.8 Å². The summed E-state index contributed by atoms with van der Waals surface area (Å²) in [5.41, 5.74) is 8.75. The van der Waals surface area contributed by atoms with Crippen LogP contribution in [0.15, 0.2) is 30.1 Å². The summed E-state index contributed by atoms with van der Waals surface area (Å²) in [6.07, 6.45) is 5.72. The summed E-state index contributed by atoms with van der Waals surface area (Å²) >= 11 is 0. The van der Waals surface area contributed by atoms with Gasteiger partial charge in [-0.1, -0.05) is 11.6 Å². The highest BCUT2D eigenvalue weighted by Crippen LogP contribution is 2.15. The third kappa shape index (κ3) is 2.55. The number of aliphatic hydroxyl groups excluding tert-OH is 1. The van der Waals surface area contributed by atoms with Gasteiger partial charge in [0.1, 0.15) is 0 Å². The molecule has 0 radical (unpaired) electrons. The summed E-state index contributed by atoms with van der Waals surface area (Å²) in [6, 6.07) is 1.79. The second-order valence-corrected chi connectivity index (χ2v) is 3.77. The van der Waals surface area contributed by atoms with Crippen molar-refractivity contribution in [3.05, 3.63) is 35.7 Å². The highest BCUT2D eigenvalue weighted by atomic mass is 16.3. The predicted molar refractivity (Wildman–Crippen MR) is 59.3 cm³/mol. The molecule has 80 valence electrons. The standard InChI is InChI=1S/C11H15N3O/c12-11-1-2-13-6-9(11)3-8-4-10(15)7-14-5-8/h1-2,4,6,10,14-15H,3,5,7H2,(H2,12,13). The second-order valence-electron chi connectivity index (χ2n) is 3.77. The van der Waals surface area contributed by atoms with E-state index in [2.05, 4.69) is 10.3 Å². The van der Waals surface area contributed by atoms with E-state index >= 15 is 0 Å². The summed E-state index contributed by atoms with van der Waals surface area (Å²) in [7, 11) is 0. The van der Waals surface area contributed by atoms with Gasteiger partial charge in [0.05, 0.1) is 6.10 Å². The van der Waals surface area contributed by atoms with Crippen LogP contribution in [0.2, 0.25) is 0 Å². The number of nitrogens with zero attached hydrogens (tertiary/aromatic N) is 1. The minimum Gasteiger partial charge on any atom is -0.398 e. The van der Waals surface area contributed by atoms with Crippen LogP contribution >= 0.6 is 0 Å². The van der Waals surface area contributed by atoms with Crippen LogP contribution in [0.4, 0.5) is 5.69 Å². The summed E-state index contributed by atoms with van der Waals surface area (Å²) in [4.78, 5) is 4.04. The van der Waals surface area contributed by atoms with Crippen molar-refractivity contribution >= 4 is 5.69 Å². The van der Waals surface area contributed by atoms with Gasteiger partial charge in [0.15, 0.2) is 0 Å². The molecule has 1 unspecified atom stereocenters. The molecule has 1 aromatic heterocycles. The third-order valence-corrected chi connectivity index (χ3v) is 2.49. The lowest BCUT2D eigenvalue weighted by molar-refractivity contribution is 0.213. The Morgan fingerprint density at radius 3 is 3.20 bits per heavy atom. The first-order valence-corrected chi connectivity index (χ1v) is 5.02. The van der Waals surface area contributed by atoms with Gasteiger partial charge in [0, 0.05) is 31.2 Å². The molecule has 2 rings (SSSR count). The molecule has 0 amide bonds. The average Bonchev–Trinajstić information content (AvgIpc) is 2.22. The molecule has 1 aliphatic rings. The van der Waals surface area contributed by atoms with Crippen LogP contribution in [-0.4, -0.2) is 29.3 Å². The number of pyridine rings is 1. The number of hydrogen-bond donors (Lipinski definition) is 3. The minimum atomic E-state index is -0.383. The fourth-order valence-corrected chi connectivity index (χ4v) is 1.72. The Bertz CT molecular complexity index is 376. The van der Waals surface area contributed by atoms with Gasteiger partial charge in [-0.05, 0) is 18.1 Å². The van der Waals surface area contributed by atoms with Gasteiger partial charge in [-0.2, -0.15) is 0 Å². The van der Waals surface area contributed by atoms with Crippen LogP contribution in [0.3, 0.4) is 0 Å². The molecular formula is C11H15N3O. The fraction of sp³-hybridized carbons (Fsp3) is 0.364. The molecule has 15 heavy (non-hydrogen) atoms. The monoisotopic (exact) mass is 205 g/mol. The Hall–Kier alpha value is -1.39. The van der Waals surface area contributed by atoms with E-state index in [1.807, 2.05) is 6.08 Å². The number of nitrogens with one attached hydrogen (secondary N) is 1. The number of anilines is 1. The van der Waals surface area contributed by atoms with Crippen molar-refractivity contribution in [3.63, 3.8) is 0 Å². The summed E-state index contributed by atoms with van der Waals surface area (Å²) in [5, 5.41) is 12.6. The van der Waals surface area contributed by atoms with Crippen molar-refractivity contribution in [1.29, 1.82) is 0 Å². The molecule has 4 N–H and O–H groups in total. The van der Waals surface area contributed by atoms with E-state index in [1.54, 1.807) is 18.5 Å². The molecule has 0 fully saturated rings. The molecule has 0 aromatic carbocycles. The van der Waals surface area contributed by atoms with Crippen LogP contribution in [0, 0.1) is 0 Å². The Kier molecular flexibility index (Phi) is 2.99. The van der Waals surface area contributed by atoms with E-state index in [4.69, 9.17) is 5.73 Å². The zero-order valence-corrected chi connectivity index (χ0v) is 8.48. The Morgan fingerprint density at radius 1 is 1.60 bits per heavy atom. The van der Waals surface area contributed by atoms with Crippen molar-refractivity contribution in [2.24, 2.45) is 0 Å². The molecule has 0 bridgehead atoms. The third-order valence-electron chi connectivity index (χ3n) is 2.49. The van der Waals surface area contributed by atoms with Gasteiger partial charge in [0.25, 0.3) is 0 Å². The lowest BCUT2D eigenvalue weighted by atomic mass is 10.0. The van der Waals surface area contributed by atoms with E-state index in [-0.39, 0.29) is 6.10 Å². The number of rotatable bonds is 2.